The summed E-state index contributed by atoms with van der Waals surface area (Å²) in [6.45, 7) is 7.06. The zero-order valence-corrected chi connectivity index (χ0v) is 18.0. The lowest BCUT2D eigenvalue weighted by atomic mass is 10.2. The Balaban J connectivity index is 1.74. The standard InChI is InChI=1S/C21H27N7O3/c1-4-6-16-26-18-19(27(16)7-5-2)17-15(25-20(18)22)8-13(9-24-17)28-11-14(31-21(28)30)10-23-12(3)29/h8-9,14H,4-7,10-11H2,1-3H3,(H2,22,25)(H,23,29). The van der Waals surface area contributed by atoms with E-state index in [0.717, 1.165) is 37.1 Å². The minimum atomic E-state index is -0.480. The number of pyridine rings is 2. The Hall–Kier alpha value is -3.43. The van der Waals surface area contributed by atoms with Gasteiger partial charge in [0.15, 0.2) is 5.82 Å². The monoisotopic (exact) mass is 425 g/mol. The molecule has 0 aromatic carbocycles. The number of nitrogens with zero attached hydrogens (tertiary/aromatic N) is 5. The van der Waals surface area contributed by atoms with E-state index in [4.69, 9.17) is 15.5 Å². The van der Waals surface area contributed by atoms with Gasteiger partial charge in [-0.2, -0.15) is 0 Å². The van der Waals surface area contributed by atoms with Gasteiger partial charge in [0.2, 0.25) is 5.91 Å². The van der Waals surface area contributed by atoms with Crippen molar-refractivity contribution in [3.05, 3.63) is 18.1 Å². The first-order chi connectivity index (χ1) is 14.9. The topological polar surface area (TPSA) is 128 Å². The maximum Gasteiger partial charge on any atom is 0.414 e. The lowest BCUT2D eigenvalue weighted by Gasteiger charge is -2.14. The highest BCUT2D eigenvalue weighted by atomic mass is 16.6. The maximum atomic E-state index is 12.4. The molecule has 31 heavy (non-hydrogen) atoms. The molecule has 10 nitrogen and oxygen atoms in total. The largest absolute Gasteiger partial charge is 0.442 e. The van der Waals surface area contributed by atoms with E-state index in [2.05, 4.69) is 33.7 Å². The zero-order chi connectivity index (χ0) is 22.1. The molecule has 3 aromatic rings. The smallest absolute Gasteiger partial charge is 0.414 e. The predicted octanol–water partition coefficient (Wildman–Crippen LogP) is 2.39. The molecular formula is C21H27N7O3. The van der Waals surface area contributed by atoms with Gasteiger partial charge in [0.1, 0.15) is 28.5 Å². The predicted molar refractivity (Wildman–Crippen MR) is 118 cm³/mol. The molecule has 0 aliphatic carbocycles. The number of nitrogens with one attached hydrogen (secondary N) is 1. The highest BCUT2D eigenvalue weighted by molar-refractivity contribution is 6.05. The Morgan fingerprint density at radius 2 is 2.10 bits per heavy atom. The molecule has 1 unspecified atom stereocenters. The molecule has 1 saturated heterocycles. The number of hydrogen-bond donors (Lipinski definition) is 2. The van der Waals surface area contributed by atoms with Gasteiger partial charge in [-0.05, 0) is 18.9 Å². The summed E-state index contributed by atoms with van der Waals surface area (Å²) in [5.41, 5.74) is 9.68. The van der Waals surface area contributed by atoms with E-state index >= 15 is 0 Å². The highest BCUT2D eigenvalue weighted by Crippen LogP contribution is 2.31. The quantitative estimate of drug-likeness (QED) is 0.595. The van der Waals surface area contributed by atoms with E-state index < -0.39 is 12.2 Å². The second-order valence-electron chi connectivity index (χ2n) is 7.74. The molecule has 1 atom stereocenters. The molecule has 0 bridgehead atoms. The highest BCUT2D eigenvalue weighted by Gasteiger charge is 2.33. The molecule has 1 aliphatic heterocycles. The zero-order valence-electron chi connectivity index (χ0n) is 18.0. The summed E-state index contributed by atoms with van der Waals surface area (Å²) in [6.07, 6.45) is 3.53. The number of carbonyl (C=O) groups is 2. The lowest BCUT2D eigenvalue weighted by Crippen LogP contribution is -2.33. The van der Waals surface area contributed by atoms with Crippen molar-refractivity contribution >= 4 is 45.6 Å². The minimum Gasteiger partial charge on any atom is -0.442 e. The molecule has 2 amide bonds. The van der Waals surface area contributed by atoms with Crippen molar-refractivity contribution in [1.82, 2.24) is 24.8 Å². The van der Waals surface area contributed by atoms with Gasteiger partial charge in [0, 0.05) is 19.9 Å². The number of aryl methyl sites for hydroxylation is 2. The molecule has 4 rings (SSSR count). The summed E-state index contributed by atoms with van der Waals surface area (Å²) in [6, 6.07) is 1.79. The molecule has 1 aliphatic rings. The molecule has 0 spiro atoms. The molecule has 1 fully saturated rings. The fourth-order valence-corrected chi connectivity index (χ4v) is 3.93. The third-order valence-corrected chi connectivity index (χ3v) is 5.29. The number of rotatable bonds is 7. The average Bonchev–Trinajstić information content (AvgIpc) is 3.28. The fraction of sp³-hybridized carbons (Fsp3) is 0.476. The van der Waals surface area contributed by atoms with Crippen LogP contribution in [-0.2, 0) is 22.5 Å². The molecule has 0 radical (unpaired) electrons. The summed E-state index contributed by atoms with van der Waals surface area (Å²) in [4.78, 5) is 38.9. The molecular weight excluding hydrogens is 398 g/mol. The SMILES string of the molecule is CCCc1nc2c(N)nc3cc(N4CC(CNC(C)=O)OC4=O)cnc3c2n1CCC. The summed E-state index contributed by atoms with van der Waals surface area (Å²) in [5, 5.41) is 2.67. The number of cyclic esters (lactones) is 1. The number of imidazole rings is 1. The summed E-state index contributed by atoms with van der Waals surface area (Å²) >= 11 is 0. The van der Waals surface area contributed by atoms with Crippen molar-refractivity contribution in [1.29, 1.82) is 0 Å². The van der Waals surface area contributed by atoms with Gasteiger partial charge in [-0.3, -0.25) is 14.7 Å². The van der Waals surface area contributed by atoms with Gasteiger partial charge in [-0.25, -0.2) is 14.8 Å². The molecule has 10 heteroatoms. The van der Waals surface area contributed by atoms with Crippen LogP contribution in [0.2, 0.25) is 0 Å². The van der Waals surface area contributed by atoms with Crippen LogP contribution < -0.4 is 16.0 Å². The molecule has 0 saturated carbocycles. The number of aromatic nitrogens is 4. The van der Waals surface area contributed by atoms with E-state index in [-0.39, 0.29) is 12.5 Å². The Morgan fingerprint density at radius 1 is 1.29 bits per heavy atom. The minimum absolute atomic E-state index is 0.170. The van der Waals surface area contributed by atoms with Gasteiger partial charge in [-0.1, -0.05) is 13.8 Å². The number of anilines is 2. The number of hydrogen-bond acceptors (Lipinski definition) is 7. The van der Waals surface area contributed by atoms with Gasteiger partial charge >= 0.3 is 6.09 Å². The normalized spacial score (nSPS) is 16.3. The van der Waals surface area contributed by atoms with Crippen LogP contribution in [0.3, 0.4) is 0 Å². The Bertz CT molecular complexity index is 1160. The summed E-state index contributed by atoms with van der Waals surface area (Å²) in [7, 11) is 0. The molecule has 164 valence electrons. The Kier molecular flexibility index (Phi) is 5.62. The van der Waals surface area contributed by atoms with Crippen LogP contribution >= 0.6 is 0 Å². The molecule has 3 N–H and O–H groups in total. The van der Waals surface area contributed by atoms with Crippen LogP contribution in [0.5, 0.6) is 0 Å². The molecule has 3 aromatic heterocycles. The number of nitrogen functional groups attached to an aromatic ring is 1. The first kappa shape index (κ1) is 20.8. The van der Waals surface area contributed by atoms with Crippen molar-refractivity contribution in [2.75, 3.05) is 23.7 Å². The first-order valence-corrected chi connectivity index (χ1v) is 10.6. The summed E-state index contributed by atoms with van der Waals surface area (Å²) in [5.74, 6) is 1.16. The Morgan fingerprint density at radius 3 is 2.81 bits per heavy atom. The van der Waals surface area contributed by atoms with E-state index in [1.54, 1.807) is 12.3 Å². The van der Waals surface area contributed by atoms with Crippen LogP contribution in [0.25, 0.3) is 22.1 Å². The van der Waals surface area contributed by atoms with Crippen LogP contribution in [-0.4, -0.2) is 50.7 Å². The van der Waals surface area contributed by atoms with Crippen molar-refractivity contribution in [3.8, 4) is 0 Å². The van der Waals surface area contributed by atoms with Crippen LogP contribution in [0.15, 0.2) is 12.3 Å². The molecule has 4 heterocycles. The van der Waals surface area contributed by atoms with Crippen molar-refractivity contribution < 1.29 is 14.3 Å². The van der Waals surface area contributed by atoms with Gasteiger partial charge in [0.25, 0.3) is 0 Å². The van der Waals surface area contributed by atoms with Gasteiger partial charge in [-0.15, -0.1) is 0 Å². The number of nitrogens with two attached hydrogens (primary N) is 1. The summed E-state index contributed by atoms with van der Waals surface area (Å²) < 4.78 is 7.53. The lowest BCUT2D eigenvalue weighted by molar-refractivity contribution is -0.119. The first-order valence-electron chi connectivity index (χ1n) is 10.6. The second-order valence-corrected chi connectivity index (χ2v) is 7.74. The number of carbonyl (C=O) groups excluding carboxylic acids is 2. The second kappa shape index (κ2) is 8.37. The van der Waals surface area contributed by atoms with E-state index in [1.165, 1.54) is 11.8 Å². The van der Waals surface area contributed by atoms with E-state index in [1.807, 2.05) is 0 Å². The third-order valence-electron chi connectivity index (χ3n) is 5.29. The van der Waals surface area contributed by atoms with Crippen LogP contribution in [0, 0.1) is 0 Å². The Labute approximate surface area is 179 Å². The van der Waals surface area contributed by atoms with Gasteiger partial charge in [0.05, 0.1) is 30.5 Å². The van der Waals surface area contributed by atoms with Gasteiger partial charge < -0.3 is 20.4 Å². The van der Waals surface area contributed by atoms with Crippen LogP contribution in [0.1, 0.15) is 39.4 Å². The number of amides is 2. The fourth-order valence-electron chi connectivity index (χ4n) is 3.93. The van der Waals surface area contributed by atoms with Crippen molar-refractivity contribution in [2.45, 2.75) is 52.7 Å². The third kappa shape index (κ3) is 3.85. The van der Waals surface area contributed by atoms with E-state index in [0.29, 0.717) is 34.6 Å². The number of ether oxygens (including phenoxy) is 1. The van der Waals surface area contributed by atoms with E-state index in [9.17, 15) is 9.59 Å². The van der Waals surface area contributed by atoms with Crippen molar-refractivity contribution in [2.24, 2.45) is 0 Å². The maximum absolute atomic E-state index is 12.4. The number of fused-ring (bicyclic) bond motifs is 3. The van der Waals surface area contributed by atoms with Crippen molar-refractivity contribution in [3.63, 3.8) is 0 Å². The van der Waals surface area contributed by atoms with Crippen LogP contribution in [0.4, 0.5) is 16.3 Å². The average molecular weight is 425 g/mol.